The highest BCUT2D eigenvalue weighted by molar-refractivity contribution is 5.46. The molecule has 2 heteroatoms. The van der Waals surface area contributed by atoms with Gasteiger partial charge in [-0.05, 0) is 42.0 Å². The van der Waals surface area contributed by atoms with Gasteiger partial charge in [0.05, 0.1) is 6.61 Å². The predicted molar refractivity (Wildman–Crippen MR) is 79.3 cm³/mol. The third kappa shape index (κ3) is 6.53. The molecule has 0 atom stereocenters. The Balaban J connectivity index is 2.38. The zero-order chi connectivity index (χ0) is 13.6. The Morgan fingerprint density at radius 3 is 2.22 bits per heavy atom. The molecule has 0 bridgehead atoms. The van der Waals surface area contributed by atoms with Crippen LogP contribution in [0.2, 0.25) is 0 Å². The minimum absolute atomic E-state index is 0.298. The van der Waals surface area contributed by atoms with Gasteiger partial charge in [0.15, 0.2) is 0 Å². The Hall–Kier alpha value is -1.18. The number of hydrogen-bond acceptors (Lipinski definition) is 2. The van der Waals surface area contributed by atoms with Crippen molar-refractivity contribution in [1.82, 2.24) is 0 Å². The average Bonchev–Trinajstić information content (AvgIpc) is 2.26. The Labute approximate surface area is 112 Å². The van der Waals surface area contributed by atoms with Crippen LogP contribution < -0.4 is 10.1 Å². The number of benzene rings is 1. The summed E-state index contributed by atoms with van der Waals surface area (Å²) < 4.78 is 5.69. The smallest absolute Gasteiger partial charge is 0.119 e. The lowest BCUT2D eigenvalue weighted by Gasteiger charge is -2.19. The minimum atomic E-state index is 0.298. The van der Waals surface area contributed by atoms with E-state index in [1.165, 1.54) is 0 Å². The van der Waals surface area contributed by atoms with Gasteiger partial charge in [0, 0.05) is 12.2 Å². The molecule has 0 unspecified atom stereocenters. The third-order valence-corrected chi connectivity index (χ3v) is 2.64. The van der Waals surface area contributed by atoms with Gasteiger partial charge in [0.1, 0.15) is 5.75 Å². The zero-order valence-electron chi connectivity index (χ0n) is 12.4. The van der Waals surface area contributed by atoms with Crippen LogP contribution in [0.25, 0.3) is 0 Å². The highest BCUT2D eigenvalue weighted by Crippen LogP contribution is 2.19. The van der Waals surface area contributed by atoms with Gasteiger partial charge in [-0.25, -0.2) is 0 Å². The fraction of sp³-hybridized carbons (Fsp3) is 0.625. The molecule has 0 spiro atoms. The lowest BCUT2D eigenvalue weighted by Crippen LogP contribution is -2.18. The van der Waals surface area contributed by atoms with Crippen molar-refractivity contribution in [2.75, 3.05) is 18.5 Å². The lowest BCUT2D eigenvalue weighted by molar-refractivity contribution is 0.289. The van der Waals surface area contributed by atoms with E-state index in [0.29, 0.717) is 11.3 Å². The minimum Gasteiger partial charge on any atom is -0.494 e. The Morgan fingerprint density at radius 2 is 1.72 bits per heavy atom. The number of ether oxygens (including phenoxy) is 1. The van der Waals surface area contributed by atoms with Crippen LogP contribution >= 0.6 is 0 Å². The van der Waals surface area contributed by atoms with E-state index in [1.54, 1.807) is 0 Å². The molecule has 2 nitrogen and oxygen atoms in total. The normalized spacial score (nSPS) is 11.7. The monoisotopic (exact) mass is 249 g/mol. The van der Waals surface area contributed by atoms with Crippen LogP contribution in [0.3, 0.4) is 0 Å². The summed E-state index contributed by atoms with van der Waals surface area (Å²) in [6, 6.07) is 8.23. The Morgan fingerprint density at radius 1 is 1.11 bits per heavy atom. The van der Waals surface area contributed by atoms with Crippen molar-refractivity contribution in [3.63, 3.8) is 0 Å². The third-order valence-electron chi connectivity index (χ3n) is 2.64. The fourth-order valence-electron chi connectivity index (χ4n) is 1.45. The van der Waals surface area contributed by atoms with Crippen LogP contribution in [0.4, 0.5) is 5.69 Å². The van der Waals surface area contributed by atoms with Crippen LogP contribution in [0.5, 0.6) is 5.75 Å². The van der Waals surface area contributed by atoms with E-state index in [0.717, 1.165) is 31.0 Å². The molecule has 0 aromatic heterocycles. The first-order chi connectivity index (χ1) is 8.37. The van der Waals surface area contributed by atoms with Crippen molar-refractivity contribution in [2.45, 2.75) is 41.0 Å². The number of anilines is 1. The average molecular weight is 249 g/mol. The van der Waals surface area contributed by atoms with Gasteiger partial charge in [-0.3, -0.25) is 0 Å². The standard InChI is InChI=1S/C16H27NO/c1-13(2)10-11-18-15-8-6-14(7-9-15)17-12-16(3,4)5/h6-9,13,17H,10-12H2,1-5H3. The molecule has 102 valence electrons. The van der Waals surface area contributed by atoms with E-state index in [2.05, 4.69) is 52.1 Å². The molecule has 0 radical (unpaired) electrons. The van der Waals surface area contributed by atoms with E-state index >= 15 is 0 Å². The van der Waals surface area contributed by atoms with E-state index in [9.17, 15) is 0 Å². The molecule has 1 aromatic rings. The van der Waals surface area contributed by atoms with E-state index in [-0.39, 0.29) is 0 Å². The van der Waals surface area contributed by atoms with Gasteiger partial charge in [-0.1, -0.05) is 34.6 Å². The molecule has 0 heterocycles. The molecule has 0 amide bonds. The largest absolute Gasteiger partial charge is 0.494 e. The fourth-order valence-corrected chi connectivity index (χ4v) is 1.45. The molecular formula is C16H27NO. The van der Waals surface area contributed by atoms with Gasteiger partial charge in [-0.2, -0.15) is 0 Å². The molecule has 0 saturated heterocycles. The molecule has 0 saturated carbocycles. The summed E-state index contributed by atoms with van der Waals surface area (Å²) >= 11 is 0. The summed E-state index contributed by atoms with van der Waals surface area (Å²) in [7, 11) is 0. The van der Waals surface area contributed by atoms with Gasteiger partial charge in [0.2, 0.25) is 0 Å². The van der Waals surface area contributed by atoms with Gasteiger partial charge >= 0.3 is 0 Å². The van der Waals surface area contributed by atoms with Crippen molar-refractivity contribution >= 4 is 5.69 Å². The van der Waals surface area contributed by atoms with Crippen molar-refractivity contribution in [3.8, 4) is 5.75 Å². The molecule has 0 aliphatic carbocycles. The van der Waals surface area contributed by atoms with Gasteiger partial charge in [-0.15, -0.1) is 0 Å². The van der Waals surface area contributed by atoms with Crippen LogP contribution in [-0.4, -0.2) is 13.2 Å². The molecular weight excluding hydrogens is 222 g/mol. The molecule has 1 aromatic carbocycles. The zero-order valence-corrected chi connectivity index (χ0v) is 12.4. The van der Waals surface area contributed by atoms with Crippen LogP contribution in [-0.2, 0) is 0 Å². The second kappa shape index (κ2) is 6.67. The highest BCUT2D eigenvalue weighted by atomic mass is 16.5. The first kappa shape index (κ1) is 14.9. The first-order valence-electron chi connectivity index (χ1n) is 6.83. The van der Waals surface area contributed by atoms with E-state index in [4.69, 9.17) is 4.74 Å². The molecule has 0 fully saturated rings. The quantitative estimate of drug-likeness (QED) is 0.797. The van der Waals surface area contributed by atoms with E-state index in [1.807, 2.05) is 12.1 Å². The maximum Gasteiger partial charge on any atom is 0.119 e. The summed E-state index contributed by atoms with van der Waals surface area (Å²) in [5, 5.41) is 3.43. The van der Waals surface area contributed by atoms with Crippen LogP contribution in [0.1, 0.15) is 41.0 Å². The topological polar surface area (TPSA) is 21.3 Å². The van der Waals surface area contributed by atoms with E-state index < -0.39 is 0 Å². The summed E-state index contributed by atoms with van der Waals surface area (Å²) in [5.41, 5.74) is 1.45. The summed E-state index contributed by atoms with van der Waals surface area (Å²) in [4.78, 5) is 0. The Kier molecular flexibility index (Phi) is 5.52. The highest BCUT2D eigenvalue weighted by Gasteiger charge is 2.09. The second-order valence-electron chi connectivity index (χ2n) is 6.47. The molecule has 1 rings (SSSR count). The molecule has 1 N–H and O–H groups in total. The summed E-state index contributed by atoms with van der Waals surface area (Å²) in [5.74, 6) is 1.65. The van der Waals surface area contributed by atoms with Crippen molar-refractivity contribution in [1.29, 1.82) is 0 Å². The van der Waals surface area contributed by atoms with Crippen molar-refractivity contribution < 1.29 is 4.74 Å². The number of rotatable bonds is 6. The second-order valence-corrected chi connectivity index (χ2v) is 6.47. The summed E-state index contributed by atoms with van der Waals surface area (Å²) in [6.07, 6.45) is 1.10. The maximum atomic E-state index is 5.69. The number of nitrogens with one attached hydrogen (secondary N) is 1. The molecule has 0 aliphatic rings. The van der Waals surface area contributed by atoms with Gasteiger partial charge < -0.3 is 10.1 Å². The van der Waals surface area contributed by atoms with Crippen LogP contribution in [0.15, 0.2) is 24.3 Å². The first-order valence-corrected chi connectivity index (χ1v) is 6.83. The molecule has 0 aliphatic heterocycles. The lowest BCUT2D eigenvalue weighted by atomic mass is 9.97. The molecule has 18 heavy (non-hydrogen) atoms. The van der Waals surface area contributed by atoms with Crippen molar-refractivity contribution in [2.24, 2.45) is 11.3 Å². The summed E-state index contributed by atoms with van der Waals surface area (Å²) in [6.45, 7) is 12.9. The van der Waals surface area contributed by atoms with Crippen molar-refractivity contribution in [3.05, 3.63) is 24.3 Å². The SMILES string of the molecule is CC(C)CCOc1ccc(NCC(C)(C)C)cc1. The Bertz CT molecular complexity index is 335. The van der Waals surface area contributed by atoms with Crippen LogP contribution in [0, 0.1) is 11.3 Å². The maximum absolute atomic E-state index is 5.69. The van der Waals surface area contributed by atoms with Gasteiger partial charge in [0.25, 0.3) is 0 Å². The number of hydrogen-bond donors (Lipinski definition) is 1. The predicted octanol–water partition coefficient (Wildman–Crippen LogP) is 4.57.